The zero-order valence-electron chi connectivity index (χ0n) is 13.2. The highest BCUT2D eigenvalue weighted by Gasteiger charge is 2.42. The summed E-state index contributed by atoms with van der Waals surface area (Å²) in [4.78, 5) is 22.8. The van der Waals surface area contributed by atoms with E-state index in [4.69, 9.17) is 4.42 Å². The monoisotopic (exact) mass is 345 g/mol. The van der Waals surface area contributed by atoms with Crippen LogP contribution in [0.15, 0.2) is 40.2 Å². The lowest BCUT2D eigenvalue weighted by Crippen LogP contribution is -2.47. The first kappa shape index (κ1) is 15.7. The molecule has 1 saturated heterocycles. The highest BCUT2D eigenvalue weighted by molar-refractivity contribution is 7.98. The molecule has 0 aromatic carbocycles. The third kappa shape index (κ3) is 3.06. The number of aliphatic hydroxyl groups is 1. The second-order valence-electron chi connectivity index (χ2n) is 6.38. The Morgan fingerprint density at radius 2 is 1.96 bits per heavy atom. The minimum atomic E-state index is -0.247. The van der Waals surface area contributed by atoms with Crippen LogP contribution in [-0.2, 0) is 5.75 Å². The number of thioether (sulfide) groups is 1. The van der Waals surface area contributed by atoms with E-state index in [0.29, 0.717) is 29.8 Å². The number of aliphatic hydroxyl groups excluding tert-OH is 1. The number of rotatable bonds is 4. The van der Waals surface area contributed by atoms with Crippen LogP contribution in [0.5, 0.6) is 0 Å². The first-order valence-corrected chi connectivity index (χ1v) is 9.15. The second kappa shape index (κ2) is 6.57. The van der Waals surface area contributed by atoms with Gasteiger partial charge in [0.05, 0.1) is 11.9 Å². The van der Waals surface area contributed by atoms with Crippen molar-refractivity contribution in [2.24, 2.45) is 11.8 Å². The fourth-order valence-electron chi connectivity index (χ4n) is 3.58. The number of carbonyl (C=O) groups excluding carboxylic acids is 1. The summed E-state index contributed by atoms with van der Waals surface area (Å²) >= 11 is 1.47. The van der Waals surface area contributed by atoms with Gasteiger partial charge in [0.15, 0.2) is 10.9 Å². The van der Waals surface area contributed by atoms with Gasteiger partial charge in [0, 0.05) is 37.3 Å². The Labute approximate surface area is 144 Å². The zero-order chi connectivity index (χ0) is 16.5. The largest absolute Gasteiger partial charge is 0.455 e. The Hall–Kier alpha value is -1.86. The van der Waals surface area contributed by atoms with Crippen LogP contribution in [-0.4, -0.2) is 45.1 Å². The number of likely N-dealkylation sites (tertiary alicyclic amines) is 1. The molecule has 0 radical (unpaired) electrons. The summed E-state index contributed by atoms with van der Waals surface area (Å²) in [5, 5.41) is 10.8. The van der Waals surface area contributed by atoms with Crippen LogP contribution >= 0.6 is 11.8 Å². The van der Waals surface area contributed by atoms with Gasteiger partial charge in [-0.3, -0.25) is 4.79 Å². The molecule has 2 aliphatic rings. The fraction of sp³-hybridized carbons (Fsp3) is 0.471. The average molecular weight is 345 g/mol. The van der Waals surface area contributed by atoms with Crippen molar-refractivity contribution in [3.05, 3.63) is 42.1 Å². The lowest BCUT2D eigenvalue weighted by atomic mass is 9.95. The van der Waals surface area contributed by atoms with Gasteiger partial charge in [-0.05, 0) is 31.0 Å². The van der Waals surface area contributed by atoms with Gasteiger partial charge in [-0.15, -0.1) is 0 Å². The number of carbonyl (C=O) groups is 1. The number of nitrogens with zero attached hydrogens (tertiary/aromatic N) is 3. The molecule has 7 heteroatoms. The molecule has 1 amide bonds. The van der Waals surface area contributed by atoms with Crippen LogP contribution < -0.4 is 0 Å². The molecular weight excluding hydrogens is 326 g/mol. The summed E-state index contributed by atoms with van der Waals surface area (Å²) in [5.74, 6) is 2.04. The highest BCUT2D eigenvalue weighted by Crippen LogP contribution is 2.37. The van der Waals surface area contributed by atoms with Crippen LogP contribution in [0.3, 0.4) is 0 Å². The Kier molecular flexibility index (Phi) is 4.28. The highest BCUT2D eigenvalue weighted by atomic mass is 32.2. The van der Waals surface area contributed by atoms with Crippen molar-refractivity contribution in [3.63, 3.8) is 0 Å². The van der Waals surface area contributed by atoms with Gasteiger partial charge < -0.3 is 14.4 Å². The first-order chi connectivity index (χ1) is 11.7. The van der Waals surface area contributed by atoms with Crippen LogP contribution in [0.4, 0.5) is 0 Å². The van der Waals surface area contributed by atoms with E-state index in [2.05, 4.69) is 9.97 Å². The Morgan fingerprint density at radius 3 is 2.67 bits per heavy atom. The molecule has 126 valence electrons. The smallest absolute Gasteiger partial charge is 0.289 e. The van der Waals surface area contributed by atoms with E-state index >= 15 is 0 Å². The van der Waals surface area contributed by atoms with E-state index in [9.17, 15) is 9.90 Å². The van der Waals surface area contributed by atoms with Crippen LogP contribution in [0.2, 0.25) is 0 Å². The maximum Gasteiger partial charge on any atom is 0.289 e. The molecule has 2 aromatic heterocycles. The summed E-state index contributed by atoms with van der Waals surface area (Å²) in [6.45, 7) is 1.25. The summed E-state index contributed by atoms with van der Waals surface area (Å²) < 4.78 is 5.71. The molecule has 0 spiro atoms. The first-order valence-electron chi connectivity index (χ1n) is 8.16. The van der Waals surface area contributed by atoms with Gasteiger partial charge in [-0.2, -0.15) is 0 Å². The van der Waals surface area contributed by atoms with E-state index < -0.39 is 0 Å². The van der Waals surface area contributed by atoms with Crippen LogP contribution in [0.25, 0.3) is 0 Å². The van der Waals surface area contributed by atoms with Crippen molar-refractivity contribution in [1.82, 2.24) is 14.9 Å². The molecule has 4 rings (SSSR count). The van der Waals surface area contributed by atoms with Gasteiger partial charge in [0.1, 0.15) is 5.76 Å². The number of fused-ring (bicyclic) bond motifs is 2. The number of aromatic nitrogens is 2. The van der Waals surface area contributed by atoms with Gasteiger partial charge in [0.2, 0.25) is 0 Å². The maximum atomic E-state index is 12.6. The minimum Gasteiger partial charge on any atom is -0.455 e. The molecule has 2 bridgehead atoms. The van der Waals surface area contributed by atoms with Crippen molar-refractivity contribution < 1.29 is 14.3 Å². The Bertz CT molecular complexity index is 707. The molecule has 1 aliphatic carbocycles. The third-order valence-corrected chi connectivity index (χ3v) is 5.73. The zero-order valence-corrected chi connectivity index (χ0v) is 14.0. The van der Waals surface area contributed by atoms with Gasteiger partial charge in [0.25, 0.3) is 5.91 Å². The molecule has 1 saturated carbocycles. The van der Waals surface area contributed by atoms with E-state index in [0.717, 1.165) is 18.6 Å². The third-order valence-electron chi connectivity index (χ3n) is 4.83. The lowest BCUT2D eigenvalue weighted by Gasteiger charge is -2.34. The second-order valence-corrected chi connectivity index (χ2v) is 7.33. The quantitative estimate of drug-likeness (QED) is 0.676. The predicted octanol–water partition coefficient (Wildman–Crippen LogP) is 2.20. The minimum absolute atomic E-state index is 0.0778. The molecule has 3 heterocycles. The Morgan fingerprint density at radius 1 is 1.25 bits per heavy atom. The number of piperidine rings is 1. The number of furan rings is 1. The van der Waals surface area contributed by atoms with Gasteiger partial charge in [-0.25, -0.2) is 9.97 Å². The van der Waals surface area contributed by atoms with E-state index in [1.807, 2.05) is 11.0 Å². The topological polar surface area (TPSA) is 79.5 Å². The van der Waals surface area contributed by atoms with E-state index in [-0.39, 0.29) is 23.8 Å². The molecule has 2 aromatic rings. The van der Waals surface area contributed by atoms with Crippen LogP contribution in [0, 0.1) is 11.8 Å². The maximum absolute atomic E-state index is 12.6. The molecule has 24 heavy (non-hydrogen) atoms. The lowest BCUT2D eigenvalue weighted by molar-refractivity contribution is 0.0151. The van der Waals surface area contributed by atoms with Crippen molar-refractivity contribution in [3.8, 4) is 0 Å². The van der Waals surface area contributed by atoms with Crippen molar-refractivity contribution in [1.29, 1.82) is 0 Å². The summed E-state index contributed by atoms with van der Waals surface area (Å²) in [5.41, 5.74) is 0. The fourth-order valence-corrected chi connectivity index (χ4v) is 4.28. The standard InChI is InChI=1S/C17H19N3O3S/c21-15-11-2-3-12(15)9-20(8-11)16(22)14-5-4-13(23-14)10-24-17-18-6-1-7-19-17/h1,4-7,11-12,15,21H,2-3,8-10H2. The number of amides is 1. The number of hydrogen-bond acceptors (Lipinski definition) is 6. The van der Waals surface area contributed by atoms with Gasteiger partial charge in [-0.1, -0.05) is 11.8 Å². The molecule has 2 unspecified atom stereocenters. The molecule has 2 atom stereocenters. The van der Waals surface area contributed by atoms with Crippen LogP contribution in [0.1, 0.15) is 29.2 Å². The van der Waals surface area contributed by atoms with Crippen molar-refractivity contribution >= 4 is 17.7 Å². The van der Waals surface area contributed by atoms with Gasteiger partial charge >= 0.3 is 0 Å². The molecule has 6 nitrogen and oxygen atoms in total. The molecule has 1 N–H and O–H groups in total. The summed E-state index contributed by atoms with van der Waals surface area (Å²) in [6, 6.07) is 5.34. The summed E-state index contributed by atoms with van der Waals surface area (Å²) in [6.07, 6.45) is 5.17. The number of hydrogen-bond donors (Lipinski definition) is 1. The molecule has 2 fully saturated rings. The van der Waals surface area contributed by atoms with E-state index in [1.54, 1.807) is 24.5 Å². The average Bonchev–Trinajstić information content (AvgIpc) is 3.14. The normalized spacial score (nSPS) is 25.9. The van der Waals surface area contributed by atoms with E-state index in [1.165, 1.54) is 11.8 Å². The molecule has 1 aliphatic heterocycles. The van der Waals surface area contributed by atoms with Crippen molar-refractivity contribution in [2.75, 3.05) is 13.1 Å². The summed E-state index contributed by atoms with van der Waals surface area (Å²) in [7, 11) is 0. The SMILES string of the molecule is O=C(c1ccc(CSc2ncccn2)o1)N1CC2CCC(C1)C2O. The van der Waals surface area contributed by atoms with Crippen molar-refractivity contribution in [2.45, 2.75) is 29.9 Å². The molecular formula is C17H19N3O3S. The Balaban J connectivity index is 1.38. The predicted molar refractivity (Wildman–Crippen MR) is 88.4 cm³/mol.